The Bertz CT molecular complexity index is 1130. The molecule has 0 saturated carbocycles. The molecular weight excluding hydrogens is 431 g/mol. The maximum atomic E-state index is 12.3. The van der Waals surface area contributed by atoms with E-state index in [-0.39, 0.29) is 21.3 Å². The standard InChI is InChI=1S/C19H18Cl2N6O3/c1-9-4-10(2)24-19(23-9)27-15(5-11(3)26-27)25-16(28)8-30-18(29)13-6-12(20)7-14(21)17(13)22/h4-7H,8,22H2,1-3H3,(H,25,28). The van der Waals surface area contributed by atoms with Crippen LogP contribution in [0.2, 0.25) is 10.0 Å². The molecule has 1 amide bonds. The van der Waals surface area contributed by atoms with Gasteiger partial charge in [0, 0.05) is 22.5 Å². The Labute approximate surface area is 182 Å². The lowest BCUT2D eigenvalue weighted by Gasteiger charge is -2.10. The van der Waals surface area contributed by atoms with Gasteiger partial charge in [0.05, 0.1) is 22.0 Å². The maximum absolute atomic E-state index is 12.3. The topological polar surface area (TPSA) is 125 Å². The van der Waals surface area contributed by atoms with E-state index >= 15 is 0 Å². The van der Waals surface area contributed by atoms with E-state index in [0.29, 0.717) is 17.5 Å². The minimum atomic E-state index is -0.825. The first-order valence-corrected chi connectivity index (χ1v) is 9.50. The summed E-state index contributed by atoms with van der Waals surface area (Å²) in [7, 11) is 0. The summed E-state index contributed by atoms with van der Waals surface area (Å²) < 4.78 is 6.44. The maximum Gasteiger partial charge on any atom is 0.340 e. The number of nitrogens with zero attached hydrogens (tertiary/aromatic N) is 4. The molecule has 0 aliphatic heterocycles. The number of nitrogen functional groups attached to an aromatic ring is 1. The number of carbonyl (C=O) groups is 2. The number of carbonyl (C=O) groups excluding carboxylic acids is 2. The third kappa shape index (κ3) is 4.87. The number of hydrogen-bond donors (Lipinski definition) is 2. The highest BCUT2D eigenvalue weighted by molar-refractivity contribution is 6.37. The van der Waals surface area contributed by atoms with E-state index < -0.39 is 18.5 Å². The number of anilines is 2. The highest BCUT2D eigenvalue weighted by Gasteiger charge is 2.18. The molecule has 0 radical (unpaired) electrons. The number of benzene rings is 1. The van der Waals surface area contributed by atoms with Crippen LogP contribution in [0.3, 0.4) is 0 Å². The van der Waals surface area contributed by atoms with Gasteiger partial charge in [-0.1, -0.05) is 23.2 Å². The van der Waals surface area contributed by atoms with Crippen molar-refractivity contribution in [3.05, 3.63) is 57.0 Å². The van der Waals surface area contributed by atoms with Crippen LogP contribution in [0.15, 0.2) is 24.3 Å². The fourth-order valence-corrected chi connectivity index (χ4v) is 3.18. The van der Waals surface area contributed by atoms with Gasteiger partial charge in [0.1, 0.15) is 5.82 Å². The predicted octanol–water partition coefficient (Wildman–Crippen LogP) is 3.27. The molecule has 3 N–H and O–H groups in total. The fourth-order valence-electron chi connectivity index (χ4n) is 2.68. The van der Waals surface area contributed by atoms with E-state index in [1.807, 2.05) is 19.9 Å². The zero-order valence-corrected chi connectivity index (χ0v) is 17.9. The monoisotopic (exact) mass is 448 g/mol. The van der Waals surface area contributed by atoms with E-state index in [4.69, 9.17) is 33.7 Å². The average Bonchev–Trinajstić information content (AvgIpc) is 3.02. The zero-order valence-electron chi connectivity index (χ0n) is 16.4. The molecule has 0 unspecified atom stereocenters. The Balaban J connectivity index is 1.72. The van der Waals surface area contributed by atoms with Crippen LogP contribution in [-0.4, -0.2) is 38.2 Å². The van der Waals surface area contributed by atoms with Crippen molar-refractivity contribution >= 4 is 46.6 Å². The molecule has 11 heteroatoms. The van der Waals surface area contributed by atoms with Crippen LogP contribution in [-0.2, 0) is 9.53 Å². The van der Waals surface area contributed by atoms with Crippen LogP contribution in [0.25, 0.3) is 5.95 Å². The second kappa shape index (κ2) is 8.68. The molecule has 0 fully saturated rings. The molecule has 0 spiro atoms. The van der Waals surface area contributed by atoms with Gasteiger partial charge in [-0.15, -0.1) is 0 Å². The molecule has 0 saturated heterocycles. The number of halogens is 2. The molecule has 0 bridgehead atoms. The lowest BCUT2D eigenvalue weighted by atomic mass is 10.2. The van der Waals surface area contributed by atoms with Crippen molar-refractivity contribution in [3.63, 3.8) is 0 Å². The first-order chi connectivity index (χ1) is 14.1. The Morgan fingerprint density at radius 1 is 1.07 bits per heavy atom. The lowest BCUT2D eigenvalue weighted by Crippen LogP contribution is -2.23. The van der Waals surface area contributed by atoms with Crippen molar-refractivity contribution in [1.29, 1.82) is 0 Å². The molecule has 1 aromatic carbocycles. The first kappa shape index (κ1) is 21.5. The van der Waals surface area contributed by atoms with Gasteiger partial charge in [-0.05, 0) is 39.0 Å². The van der Waals surface area contributed by atoms with Crippen LogP contribution in [0.5, 0.6) is 0 Å². The summed E-state index contributed by atoms with van der Waals surface area (Å²) in [6.45, 7) is 4.88. The number of hydrogen-bond acceptors (Lipinski definition) is 7. The van der Waals surface area contributed by atoms with Crippen molar-refractivity contribution in [2.75, 3.05) is 17.7 Å². The minimum absolute atomic E-state index is 0.0205. The third-order valence-electron chi connectivity index (χ3n) is 3.91. The second-order valence-corrected chi connectivity index (χ2v) is 7.35. The number of aryl methyl sites for hydroxylation is 3. The average molecular weight is 449 g/mol. The van der Waals surface area contributed by atoms with Gasteiger partial charge in [0.2, 0.25) is 0 Å². The van der Waals surface area contributed by atoms with Gasteiger partial charge in [0.15, 0.2) is 6.61 Å². The summed E-state index contributed by atoms with van der Waals surface area (Å²) >= 11 is 11.8. The molecule has 156 valence electrons. The molecule has 2 heterocycles. The van der Waals surface area contributed by atoms with E-state index in [9.17, 15) is 9.59 Å². The molecule has 3 rings (SSSR count). The summed E-state index contributed by atoms with van der Waals surface area (Å²) in [5, 5.41) is 7.29. The van der Waals surface area contributed by atoms with Crippen LogP contribution < -0.4 is 11.1 Å². The Morgan fingerprint density at radius 2 is 1.73 bits per heavy atom. The molecule has 0 aliphatic carbocycles. The van der Waals surface area contributed by atoms with E-state index in [1.165, 1.54) is 16.8 Å². The normalized spacial score (nSPS) is 10.7. The van der Waals surface area contributed by atoms with E-state index in [1.54, 1.807) is 13.0 Å². The molecule has 0 aliphatic rings. The van der Waals surface area contributed by atoms with Gasteiger partial charge in [-0.2, -0.15) is 9.78 Å². The van der Waals surface area contributed by atoms with Crippen molar-refractivity contribution in [2.24, 2.45) is 0 Å². The molecule has 9 nitrogen and oxygen atoms in total. The van der Waals surface area contributed by atoms with Crippen molar-refractivity contribution in [2.45, 2.75) is 20.8 Å². The Hall–Kier alpha value is -3.17. The number of aromatic nitrogens is 4. The lowest BCUT2D eigenvalue weighted by molar-refractivity contribution is -0.119. The largest absolute Gasteiger partial charge is 0.452 e. The van der Waals surface area contributed by atoms with Gasteiger partial charge >= 0.3 is 5.97 Å². The third-order valence-corrected chi connectivity index (χ3v) is 4.44. The number of nitrogens with two attached hydrogens (primary N) is 1. The van der Waals surface area contributed by atoms with Gasteiger partial charge in [-0.25, -0.2) is 14.8 Å². The SMILES string of the molecule is Cc1cc(C)nc(-n2nc(C)cc2NC(=O)COC(=O)c2cc(Cl)cc(Cl)c2N)n1. The summed E-state index contributed by atoms with van der Waals surface area (Å²) in [6, 6.07) is 6.19. The predicted molar refractivity (Wildman–Crippen MR) is 113 cm³/mol. The Morgan fingerprint density at radius 3 is 2.40 bits per heavy atom. The van der Waals surface area contributed by atoms with Crippen molar-refractivity contribution in [1.82, 2.24) is 19.7 Å². The van der Waals surface area contributed by atoms with Gasteiger partial charge in [0.25, 0.3) is 11.9 Å². The molecule has 2 aromatic heterocycles. The quantitative estimate of drug-likeness (QED) is 0.452. The minimum Gasteiger partial charge on any atom is -0.452 e. The smallest absolute Gasteiger partial charge is 0.340 e. The molecule has 30 heavy (non-hydrogen) atoms. The summed E-state index contributed by atoms with van der Waals surface area (Å²) in [5.74, 6) is -0.756. The summed E-state index contributed by atoms with van der Waals surface area (Å²) in [4.78, 5) is 33.3. The van der Waals surface area contributed by atoms with Crippen molar-refractivity contribution < 1.29 is 14.3 Å². The number of amides is 1. The van der Waals surface area contributed by atoms with Gasteiger partial charge < -0.3 is 15.8 Å². The number of rotatable bonds is 5. The highest BCUT2D eigenvalue weighted by Crippen LogP contribution is 2.28. The summed E-state index contributed by atoms with van der Waals surface area (Å²) in [5.41, 5.74) is 7.94. The second-order valence-electron chi connectivity index (χ2n) is 6.51. The molecular formula is C19H18Cl2N6O3. The molecule has 0 atom stereocenters. The number of esters is 1. The van der Waals surface area contributed by atoms with Crippen molar-refractivity contribution in [3.8, 4) is 5.95 Å². The number of ether oxygens (including phenoxy) is 1. The zero-order chi connectivity index (χ0) is 22.0. The van der Waals surface area contributed by atoms with Gasteiger partial charge in [-0.3, -0.25) is 4.79 Å². The van der Waals surface area contributed by atoms with E-state index in [2.05, 4.69) is 20.4 Å². The molecule has 3 aromatic rings. The summed E-state index contributed by atoms with van der Waals surface area (Å²) in [6.07, 6.45) is 0. The van der Waals surface area contributed by atoms with Crippen LogP contribution >= 0.6 is 23.2 Å². The highest BCUT2D eigenvalue weighted by atomic mass is 35.5. The van der Waals surface area contributed by atoms with E-state index in [0.717, 1.165) is 11.4 Å². The van der Waals surface area contributed by atoms with Crippen LogP contribution in [0.1, 0.15) is 27.4 Å². The first-order valence-electron chi connectivity index (χ1n) is 8.75. The fraction of sp³-hybridized carbons (Fsp3) is 0.211. The Kier molecular flexibility index (Phi) is 6.23. The number of nitrogens with one attached hydrogen (secondary N) is 1. The van der Waals surface area contributed by atoms with Crippen LogP contribution in [0, 0.1) is 20.8 Å². The van der Waals surface area contributed by atoms with Crippen LogP contribution in [0.4, 0.5) is 11.5 Å².